The zero-order valence-corrected chi connectivity index (χ0v) is 10.1. The van der Waals surface area contributed by atoms with Crippen LogP contribution in [-0.2, 0) is 9.53 Å². The number of halogens is 1. The monoisotopic (exact) mass is 247 g/mol. The SMILES string of the molecule is C=C(Cl)CN1CCC(OCCC(=O)O)CC1. The van der Waals surface area contributed by atoms with Crippen molar-refractivity contribution in [3.8, 4) is 0 Å². The van der Waals surface area contributed by atoms with Crippen LogP contribution in [0.2, 0.25) is 0 Å². The molecule has 0 atom stereocenters. The van der Waals surface area contributed by atoms with Crippen LogP contribution in [0.4, 0.5) is 0 Å². The lowest BCUT2D eigenvalue weighted by Gasteiger charge is -2.31. The average Bonchev–Trinajstić information content (AvgIpc) is 2.19. The maximum atomic E-state index is 10.3. The summed E-state index contributed by atoms with van der Waals surface area (Å²) in [6.07, 6.45) is 2.14. The van der Waals surface area contributed by atoms with Crippen LogP contribution in [0.5, 0.6) is 0 Å². The van der Waals surface area contributed by atoms with E-state index in [1.54, 1.807) is 0 Å². The van der Waals surface area contributed by atoms with Crippen LogP contribution >= 0.6 is 11.6 Å². The van der Waals surface area contributed by atoms with Gasteiger partial charge in [-0.3, -0.25) is 9.69 Å². The Balaban J connectivity index is 2.12. The van der Waals surface area contributed by atoms with Gasteiger partial charge >= 0.3 is 5.97 Å². The first kappa shape index (κ1) is 13.5. The molecule has 0 aliphatic carbocycles. The van der Waals surface area contributed by atoms with E-state index in [2.05, 4.69) is 11.5 Å². The quantitative estimate of drug-likeness (QED) is 0.776. The van der Waals surface area contributed by atoms with Gasteiger partial charge < -0.3 is 9.84 Å². The van der Waals surface area contributed by atoms with Gasteiger partial charge in [-0.25, -0.2) is 0 Å². The molecule has 0 spiro atoms. The number of nitrogens with zero attached hydrogens (tertiary/aromatic N) is 1. The van der Waals surface area contributed by atoms with Crippen molar-refractivity contribution in [3.05, 3.63) is 11.6 Å². The van der Waals surface area contributed by atoms with Gasteiger partial charge in [0.15, 0.2) is 0 Å². The van der Waals surface area contributed by atoms with Crippen molar-refractivity contribution >= 4 is 17.6 Å². The molecule has 0 saturated carbocycles. The van der Waals surface area contributed by atoms with Crippen molar-refractivity contribution in [2.45, 2.75) is 25.4 Å². The number of hydrogen-bond donors (Lipinski definition) is 1. The van der Waals surface area contributed by atoms with Crippen LogP contribution in [0.1, 0.15) is 19.3 Å². The summed E-state index contributed by atoms with van der Waals surface area (Å²) in [5.41, 5.74) is 0. The van der Waals surface area contributed by atoms with Gasteiger partial charge in [-0.1, -0.05) is 18.2 Å². The molecule has 1 aliphatic heterocycles. The first-order valence-electron chi connectivity index (χ1n) is 5.47. The molecule has 0 bridgehead atoms. The summed E-state index contributed by atoms with van der Waals surface area (Å²) in [5.74, 6) is -0.809. The third-order valence-corrected chi connectivity index (χ3v) is 2.72. The van der Waals surface area contributed by atoms with Gasteiger partial charge in [0.05, 0.1) is 19.1 Å². The van der Waals surface area contributed by atoms with E-state index in [1.165, 1.54) is 0 Å². The van der Waals surface area contributed by atoms with Crippen molar-refractivity contribution in [2.75, 3.05) is 26.2 Å². The Labute approximate surface area is 101 Å². The number of carboxylic acids is 1. The van der Waals surface area contributed by atoms with Gasteiger partial charge in [0, 0.05) is 24.7 Å². The zero-order valence-electron chi connectivity index (χ0n) is 9.32. The molecule has 0 unspecified atom stereocenters. The highest BCUT2D eigenvalue weighted by molar-refractivity contribution is 6.29. The lowest BCUT2D eigenvalue weighted by Crippen LogP contribution is -2.37. The average molecular weight is 248 g/mol. The molecule has 16 heavy (non-hydrogen) atoms. The molecule has 0 aromatic rings. The Bertz CT molecular complexity index is 250. The summed E-state index contributed by atoms with van der Waals surface area (Å²) < 4.78 is 5.48. The molecule has 0 radical (unpaired) electrons. The number of carboxylic acid groups (broad SMARTS) is 1. The van der Waals surface area contributed by atoms with E-state index in [1.807, 2.05) is 0 Å². The molecule has 0 amide bonds. The molecule has 1 rings (SSSR count). The van der Waals surface area contributed by atoms with Gasteiger partial charge in [0.1, 0.15) is 0 Å². The summed E-state index contributed by atoms with van der Waals surface area (Å²) in [7, 11) is 0. The normalized spacial score (nSPS) is 18.6. The highest BCUT2D eigenvalue weighted by atomic mass is 35.5. The Morgan fingerprint density at radius 1 is 1.50 bits per heavy atom. The molecule has 1 heterocycles. The maximum Gasteiger partial charge on any atom is 0.305 e. The van der Waals surface area contributed by atoms with Crippen LogP contribution < -0.4 is 0 Å². The first-order chi connectivity index (χ1) is 7.58. The molecule has 1 saturated heterocycles. The molecule has 1 fully saturated rings. The zero-order chi connectivity index (χ0) is 12.0. The fourth-order valence-corrected chi connectivity index (χ4v) is 1.96. The van der Waals surface area contributed by atoms with Crippen molar-refractivity contribution in [1.82, 2.24) is 4.90 Å². The van der Waals surface area contributed by atoms with Gasteiger partial charge in [0.25, 0.3) is 0 Å². The lowest BCUT2D eigenvalue weighted by molar-refractivity contribution is -0.138. The van der Waals surface area contributed by atoms with Crippen molar-refractivity contribution in [2.24, 2.45) is 0 Å². The maximum absolute atomic E-state index is 10.3. The third-order valence-electron chi connectivity index (χ3n) is 2.60. The molecule has 1 N–H and O–H groups in total. The van der Waals surface area contributed by atoms with Crippen LogP contribution in [0.15, 0.2) is 11.6 Å². The topological polar surface area (TPSA) is 49.8 Å². The second kappa shape index (κ2) is 6.89. The number of ether oxygens (including phenoxy) is 1. The summed E-state index contributed by atoms with van der Waals surface area (Å²) in [4.78, 5) is 12.5. The minimum atomic E-state index is -0.809. The van der Waals surface area contributed by atoms with Crippen LogP contribution in [-0.4, -0.2) is 48.3 Å². The molecule has 4 nitrogen and oxygen atoms in total. The summed E-state index contributed by atoms with van der Waals surface area (Å²) in [6.45, 7) is 6.57. The van der Waals surface area contributed by atoms with Crippen LogP contribution in [0.25, 0.3) is 0 Å². The predicted molar refractivity (Wildman–Crippen MR) is 62.7 cm³/mol. The third kappa shape index (κ3) is 5.49. The van der Waals surface area contributed by atoms with Crippen molar-refractivity contribution < 1.29 is 14.6 Å². The fraction of sp³-hybridized carbons (Fsp3) is 0.727. The van der Waals surface area contributed by atoms with Gasteiger partial charge in [0.2, 0.25) is 0 Å². The van der Waals surface area contributed by atoms with Crippen LogP contribution in [0.3, 0.4) is 0 Å². The minimum Gasteiger partial charge on any atom is -0.481 e. The van der Waals surface area contributed by atoms with Gasteiger partial charge in [-0.15, -0.1) is 0 Å². The van der Waals surface area contributed by atoms with Gasteiger partial charge in [-0.2, -0.15) is 0 Å². The Morgan fingerprint density at radius 2 is 2.12 bits per heavy atom. The second-order valence-corrected chi connectivity index (χ2v) is 4.54. The van der Waals surface area contributed by atoms with E-state index in [4.69, 9.17) is 21.4 Å². The van der Waals surface area contributed by atoms with E-state index in [0.29, 0.717) is 11.6 Å². The number of rotatable bonds is 6. The highest BCUT2D eigenvalue weighted by Crippen LogP contribution is 2.15. The molecule has 5 heteroatoms. The second-order valence-electron chi connectivity index (χ2n) is 4.01. The van der Waals surface area contributed by atoms with E-state index in [-0.39, 0.29) is 12.5 Å². The summed E-state index contributed by atoms with van der Waals surface area (Å²) >= 11 is 5.73. The smallest absolute Gasteiger partial charge is 0.305 e. The first-order valence-corrected chi connectivity index (χ1v) is 5.84. The standard InChI is InChI=1S/C11H18ClNO3/c1-9(12)8-13-5-2-10(3-6-13)16-7-4-11(14)15/h10H,1-8H2,(H,14,15). The molecule has 92 valence electrons. The van der Waals surface area contributed by atoms with E-state index < -0.39 is 5.97 Å². The summed E-state index contributed by atoms with van der Waals surface area (Å²) in [6, 6.07) is 0. The Hall–Kier alpha value is -0.580. The van der Waals surface area contributed by atoms with Crippen molar-refractivity contribution in [3.63, 3.8) is 0 Å². The molecule has 1 aliphatic rings. The van der Waals surface area contributed by atoms with Crippen LogP contribution in [0, 0.1) is 0 Å². The number of carbonyl (C=O) groups is 1. The fourth-order valence-electron chi connectivity index (χ4n) is 1.79. The number of piperidine rings is 1. The molecule has 0 aromatic carbocycles. The largest absolute Gasteiger partial charge is 0.481 e. The highest BCUT2D eigenvalue weighted by Gasteiger charge is 2.19. The minimum absolute atomic E-state index is 0.0820. The number of likely N-dealkylation sites (tertiary alicyclic amines) is 1. The van der Waals surface area contributed by atoms with E-state index >= 15 is 0 Å². The lowest BCUT2D eigenvalue weighted by atomic mass is 10.1. The number of aliphatic carboxylic acids is 1. The predicted octanol–water partition coefficient (Wildman–Crippen LogP) is 1.69. The van der Waals surface area contributed by atoms with E-state index in [9.17, 15) is 4.79 Å². The molecular weight excluding hydrogens is 230 g/mol. The molecular formula is C11H18ClNO3. The Morgan fingerprint density at radius 3 is 2.62 bits per heavy atom. The van der Waals surface area contributed by atoms with E-state index in [0.717, 1.165) is 32.5 Å². The molecule has 0 aromatic heterocycles. The number of hydrogen-bond acceptors (Lipinski definition) is 3. The van der Waals surface area contributed by atoms with Crippen molar-refractivity contribution in [1.29, 1.82) is 0 Å². The Kier molecular flexibility index (Phi) is 5.80. The summed E-state index contributed by atoms with van der Waals surface area (Å²) in [5, 5.41) is 9.13. The van der Waals surface area contributed by atoms with Gasteiger partial charge in [-0.05, 0) is 12.8 Å².